The Morgan fingerprint density at radius 1 is 1.19 bits per heavy atom. The predicted molar refractivity (Wildman–Crippen MR) is 91.7 cm³/mol. The van der Waals surface area contributed by atoms with Crippen molar-refractivity contribution >= 4 is 10.0 Å². The van der Waals surface area contributed by atoms with Crippen molar-refractivity contribution in [3.05, 3.63) is 54.5 Å². The first-order chi connectivity index (χ1) is 12.5. The summed E-state index contributed by atoms with van der Waals surface area (Å²) in [5.41, 5.74) is -0.523. The molecule has 3 heterocycles. The monoisotopic (exact) mass is 378 g/mol. The van der Waals surface area contributed by atoms with Crippen LogP contribution in [0.5, 0.6) is 5.88 Å². The van der Waals surface area contributed by atoms with Crippen molar-refractivity contribution in [2.75, 3.05) is 19.7 Å². The number of hydrogen-bond acceptors (Lipinski definition) is 5. The molecule has 0 amide bonds. The Labute approximate surface area is 151 Å². The second-order valence-electron chi connectivity index (χ2n) is 6.66. The number of rotatable bonds is 4. The van der Waals surface area contributed by atoms with E-state index in [1.807, 2.05) is 12.1 Å². The quantitative estimate of drug-likeness (QED) is 0.816. The molecular weight excluding hydrogens is 359 g/mol. The highest BCUT2D eigenvalue weighted by atomic mass is 32.2. The SMILES string of the molecule is O=S(=O)(c1ccc(F)cc1)N1CC2(C[C@H](Oc3ccccn3)CCO2)C1. The number of pyridine rings is 1. The Bertz CT molecular complexity index is 868. The van der Waals surface area contributed by atoms with Crippen molar-refractivity contribution in [3.63, 3.8) is 0 Å². The summed E-state index contributed by atoms with van der Waals surface area (Å²) in [5.74, 6) is 0.0961. The van der Waals surface area contributed by atoms with Crippen molar-refractivity contribution in [2.45, 2.75) is 29.4 Å². The molecule has 0 N–H and O–H groups in total. The van der Waals surface area contributed by atoms with Gasteiger partial charge < -0.3 is 9.47 Å². The Morgan fingerprint density at radius 3 is 2.65 bits per heavy atom. The first-order valence-corrected chi connectivity index (χ1v) is 9.88. The van der Waals surface area contributed by atoms with E-state index < -0.39 is 21.4 Å². The van der Waals surface area contributed by atoms with Crippen LogP contribution in [-0.4, -0.2) is 49.1 Å². The minimum absolute atomic E-state index is 0.0608. The van der Waals surface area contributed by atoms with Gasteiger partial charge in [0.25, 0.3) is 0 Å². The smallest absolute Gasteiger partial charge is 0.243 e. The highest BCUT2D eigenvalue weighted by molar-refractivity contribution is 7.89. The molecule has 2 fully saturated rings. The molecule has 1 aromatic heterocycles. The molecule has 0 bridgehead atoms. The van der Waals surface area contributed by atoms with E-state index in [9.17, 15) is 12.8 Å². The molecule has 6 nitrogen and oxygen atoms in total. The fraction of sp³-hybridized carbons (Fsp3) is 0.389. The predicted octanol–water partition coefficient (Wildman–Crippen LogP) is 2.22. The molecule has 1 aromatic carbocycles. The van der Waals surface area contributed by atoms with E-state index in [2.05, 4.69) is 4.98 Å². The van der Waals surface area contributed by atoms with Gasteiger partial charge in [0.1, 0.15) is 11.9 Å². The number of ether oxygens (including phenoxy) is 2. The summed E-state index contributed by atoms with van der Waals surface area (Å²) in [6, 6.07) is 10.3. The van der Waals surface area contributed by atoms with Gasteiger partial charge in [-0.15, -0.1) is 0 Å². The summed E-state index contributed by atoms with van der Waals surface area (Å²) in [6.07, 6.45) is 2.96. The van der Waals surface area contributed by atoms with Crippen molar-refractivity contribution in [3.8, 4) is 5.88 Å². The van der Waals surface area contributed by atoms with Gasteiger partial charge in [-0.3, -0.25) is 0 Å². The number of hydrogen-bond donors (Lipinski definition) is 0. The Balaban J connectivity index is 1.41. The van der Waals surface area contributed by atoms with Crippen LogP contribution >= 0.6 is 0 Å². The van der Waals surface area contributed by atoms with Gasteiger partial charge in [0, 0.05) is 38.2 Å². The maximum atomic E-state index is 13.0. The summed E-state index contributed by atoms with van der Waals surface area (Å²) in [4.78, 5) is 4.25. The summed E-state index contributed by atoms with van der Waals surface area (Å²) >= 11 is 0. The minimum Gasteiger partial charge on any atom is -0.474 e. The van der Waals surface area contributed by atoms with E-state index in [0.29, 0.717) is 18.9 Å². The lowest BCUT2D eigenvalue weighted by atomic mass is 9.86. The van der Waals surface area contributed by atoms with Crippen LogP contribution in [0.3, 0.4) is 0 Å². The van der Waals surface area contributed by atoms with Crippen LogP contribution in [-0.2, 0) is 14.8 Å². The molecule has 0 saturated carbocycles. The minimum atomic E-state index is -3.64. The molecular formula is C18H19FN2O4S. The maximum absolute atomic E-state index is 13.0. The van der Waals surface area contributed by atoms with Crippen LogP contribution in [0.2, 0.25) is 0 Å². The first-order valence-electron chi connectivity index (χ1n) is 8.44. The van der Waals surface area contributed by atoms with Gasteiger partial charge in [-0.25, -0.2) is 17.8 Å². The molecule has 8 heteroatoms. The van der Waals surface area contributed by atoms with Gasteiger partial charge in [-0.1, -0.05) is 6.07 Å². The molecule has 1 atom stereocenters. The van der Waals surface area contributed by atoms with E-state index >= 15 is 0 Å². The van der Waals surface area contributed by atoms with Crippen LogP contribution in [0, 0.1) is 5.82 Å². The van der Waals surface area contributed by atoms with E-state index in [1.165, 1.54) is 16.4 Å². The Morgan fingerprint density at radius 2 is 1.96 bits per heavy atom. The molecule has 1 spiro atoms. The Kier molecular flexibility index (Phi) is 4.42. The van der Waals surface area contributed by atoms with Crippen LogP contribution in [0.25, 0.3) is 0 Å². The molecule has 2 aliphatic rings. The Hall–Kier alpha value is -2.03. The van der Waals surface area contributed by atoms with E-state index in [-0.39, 0.29) is 24.1 Å². The summed E-state index contributed by atoms with van der Waals surface area (Å²) in [6.45, 7) is 1.06. The zero-order chi connectivity index (χ0) is 18.2. The number of sulfonamides is 1. The highest BCUT2D eigenvalue weighted by Crippen LogP contribution is 2.38. The van der Waals surface area contributed by atoms with Crippen LogP contribution < -0.4 is 4.74 Å². The van der Waals surface area contributed by atoms with Gasteiger partial charge in [0.2, 0.25) is 15.9 Å². The molecule has 2 aliphatic heterocycles. The van der Waals surface area contributed by atoms with Gasteiger partial charge in [-0.05, 0) is 30.3 Å². The van der Waals surface area contributed by atoms with Gasteiger partial charge >= 0.3 is 0 Å². The average Bonchev–Trinajstić information content (AvgIpc) is 2.61. The van der Waals surface area contributed by atoms with Crippen LogP contribution in [0.15, 0.2) is 53.6 Å². The maximum Gasteiger partial charge on any atom is 0.243 e. The van der Waals surface area contributed by atoms with E-state index in [0.717, 1.165) is 18.6 Å². The topological polar surface area (TPSA) is 68.7 Å². The summed E-state index contributed by atoms with van der Waals surface area (Å²) in [5, 5.41) is 0. The van der Waals surface area contributed by atoms with Crippen LogP contribution in [0.4, 0.5) is 4.39 Å². The van der Waals surface area contributed by atoms with Gasteiger partial charge in [0.05, 0.1) is 17.1 Å². The molecule has 0 aliphatic carbocycles. The molecule has 2 saturated heterocycles. The van der Waals surface area contributed by atoms with Crippen LogP contribution in [0.1, 0.15) is 12.8 Å². The van der Waals surface area contributed by atoms with Crippen molar-refractivity contribution in [1.82, 2.24) is 9.29 Å². The van der Waals surface area contributed by atoms with Crippen molar-refractivity contribution < 1.29 is 22.3 Å². The van der Waals surface area contributed by atoms with E-state index in [1.54, 1.807) is 12.3 Å². The number of nitrogens with zero attached hydrogens (tertiary/aromatic N) is 2. The zero-order valence-electron chi connectivity index (χ0n) is 14.0. The fourth-order valence-corrected chi connectivity index (χ4v) is 5.00. The first kappa shape index (κ1) is 17.4. The van der Waals surface area contributed by atoms with E-state index in [4.69, 9.17) is 9.47 Å². The second kappa shape index (κ2) is 6.61. The lowest BCUT2D eigenvalue weighted by Gasteiger charge is -2.51. The average molecular weight is 378 g/mol. The third-order valence-corrected chi connectivity index (χ3v) is 6.56. The summed E-state index contributed by atoms with van der Waals surface area (Å²) in [7, 11) is -3.64. The zero-order valence-corrected chi connectivity index (χ0v) is 14.9. The van der Waals surface area contributed by atoms with Gasteiger partial charge in [-0.2, -0.15) is 4.31 Å². The standard InChI is InChI=1S/C18H19FN2O4S/c19-14-4-6-16(7-5-14)26(22,23)21-12-18(13-21)11-15(8-10-24-18)25-17-3-1-2-9-20-17/h1-7,9,15H,8,10-13H2/t15-/m1/s1. The molecule has 0 unspecified atom stereocenters. The highest BCUT2D eigenvalue weighted by Gasteiger charge is 2.52. The molecule has 26 heavy (non-hydrogen) atoms. The molecule has 0 radical (unpaired) electrons. The second-order valence-corrected chi connectivity index (χ2v) is 8.60. The third kappa shape index (κ3) is 3.32. The molecule has 2 aromatic rings. The van der Waals surface area contributed by atoms with Crippen molar-refractivity contribution in [1.29, 1.82) is 0 Å². The molecule has 138 valence electrons. The number of halogens is 1. The largest absolute Gasteiger partial charge is 0.474 e. The molecule has 4 rings (SSSR count). The third-order valence-electron chi connectivity index (χ3n) is 4.75. The van der Waals surface area contributed by atoms with Gasteiger partial charge in [0.15, 0.2) is 0 Å². The number of aromatic nitrogens is 1. The number of benzene rings is 1. The summed E-state index contributed by atoms with van der Waals surface area (Å²) < 4.78 is 51.4. The lowest BCUT2D eigenvalue weighted by molar-refractivity contribution is -0.165. The van der Waals surface area contributed by atoms with Crippen molar-refractivity contribution in [2.24, 2.45) is 0 Å². The fourth-order valence-electron chi connectivity index (χ4n) is 3.41. The normalized spacial score (nSPS) is 22.7. The lowest BCUT2D eigenvalue weighted by Crippen LogP contribution is -2.67.